The summed E-state index contributed by atoms with van der Waals surface area (Å²) < 4.78 is 0. The maximum atomic E-state index is 9.49. The summed E-state index contributed by atoms with van der Waals surface area (Å²) in [5.74, 6) is 1.03. The Morgan fingerprint density at radius 3 is 2.56 bits per heavy atom. The summed E-state index contributed by atoms with van der Waals surface area (Å²) in [5, 5.41) is 13.0. The van der Waals surface area contributed by atoms with Gasteiger partial charge >= 0.3 is 0 Å². The molecular formula is C20H32IN3O. The standard InChI is InChI=1S/C20H31N3O.HI/c1-2-21-19(22-14-17-8-4-5-9-18(17)15-24)23-13-12-20(16-23)10-6-3-7-11-20;/h4-5,8-9,24H,2-3,6-7,10-16H2,1H3,(H,21,22);1H. The van der Waals surface area contributed by atoms with Crippen molar-refractivity contribution in [3.05, 3.63) is 35.4 Å². The van der Waals surface area contributed by atoms with Gasteiger partial charge in [0.15, 0.2) is 5.96 Å². The molecule has 2 N–H and O–H groups in total. The van der Waals surface area contributed by atoms with Gasteiger partial charge in [-0.25, -0.2) is 4.99 Å². The van der Waals surface area contributed by atoms with Gasteiger partial charge in [0.25, 0.3) is 0 Å². The molecule has 1 aliphatic carbocycles. The van der Waals surface area contributed by atoms with E-state index in [0.717, 1.165) is 36.7 Å². The molecule has 1 spiro atoms. The number of rotatable bonds is 4. The van der Waals surface area contributed by atoms with Crippen molar-refractivity contribution in [2.45, 2.75) is 58.6 Å². The van der Waals surface area contributed by atoms with Crippen LogP contribution in [0.4, 0.5) is 0 Å². The van der Waals surface area contributed by atoms with Crippen molar-refractivity contribution in [1.82, 2.24) is 10.2 Å². The molecule has 3 rings (SSSR count). The number of guanidine groups is 1. The third kappa shape index (κ3) is 5.09. The highest BCUT2D eigenvalue weighted by Crippen LogP contribution is 2.43. The molecule has 0 atom stereocenters. The molecule has 0 amide bonds. The Balaban J connectivity index is 0.00000225. The van der Waals surface area contributed by atoms with Crippen molar-refractivity contribution in [3.63, 3.8) is 0 Å². The molecule has 1 saturated carbocycles. The van der Waals surface area contributed by atoms with E-state index in [0.29, 0.717) is 12.0 Å². The van der Waals surface area contributed by atoms with Crippen LogP contribution in [0.2, 0.25) is 0 Å². The Morgan fingerprint density at radius 1 is 1.16 bits per heavy atom. The molecule has 0 radical (unpaired) electrons. The number of aliphatic hydroxyl groups is 1. The molecular weight excluding hydrogens is 425 g/mol. The smallest absolute Gasteiger partial charge is 0.194 e. The fraction of sp³-hybridized carbons (Fsp3) is 0.650. The van der Waals surface area contributed by atoms with E-state index in [4.69, 9.17) is 4.99 Å². The second kappa shape index (κ2) is 9.76. The Kier molecular flexibility index (Phi) is 8.00. The number of nitrogens with one attached hydrogen (secondary N) is 1. The van der Waals surface area contributed by atoms with Crippen molar-refractivity contribution in [3.8, 4) is 0 Å². The molecule has 140 valence electrons. The van der Waals surface area contributed by atoms with E-state index in [1.165, 1.54) is 38.5 Å². The molecule has 2 fully saturated rings. The number of halogens is 1. The second-order valence-electron chi connectivity index (χ2n) is 7.33. The van der Waals surface area contributed by atoms with Gasteiger partial charge in [-0.2, -0.15) is 0 Å². The Hall–Kier alpha value is -0.820. The van der Waals surface area contributed by atoms with E-state index >= 15 is 0 Å². The Bertz CT molecular complexity index is 570. The lowest BCUT2D eigenvalue weighted by Gasteiger charge is -2.33. The molecule has 2 aliphatic rings. The molecule has 1 heterocycles. The average molecular weight is 457 g/mol. The summed E-state index contributed by atoms with van der Waals surface area (Å²) >= 11 is 0. The number of hydrogen-bond acceptors (Lipinski definition) is 2. The first-order valence-corrected chi connectivity index (χ1v) is 9.47. The van der Waals surface area contributed by atoms with Crippen LogP contribution in [0.3, 0.4) is 0 Å². The van der Waals surface area contributed by atoms with Gasteiger partial charge in [0.2, 0.25) is 0 Å². The third-order valence-corrected chi connectivity index (χ3v) is 5.67. The highest BCUT2D eigenvalue weighted by atomic mass is 127. The minimum Gasteiger partial charge on any atom is -0.392 e. The van der Waals surface area contributed by atoms with Gasteiger partial charge in [0.1, 0.15) is 0 Å². The molecule has 4 nitrogen and oxygen atoms in total. The minimum absolute atomic E-state index is 0. The highest BCUT2D eigenvalue weighted by molar-refractivity contribution is 14.0. The van der Waals surface area contributed by atoms with Crippen molar-refractivity contribution < 1.29 is 5.11 Å². The lowest BCUT2D eigenvalue weighted by atomic mass is 9.73. The van der Waals surface area contributed by atoms with Gasteiger partial charge in [-0.05, 0) is 42.7 Å². The maximum Gasteiger partial charge on any atom is 0.194 e. The van der Waals surface area contributed by atoms with Crippen LogP contribution >= 0.6 is 24.0 Å². The summed E-state index contributed by atoms with van der Waals surface area (Å²) in [6.45, 7) is 6.00. The van der Waals surface area contributed by atoms with Crippen molar-refractivity contribution in [2.75, 3.05) is 19.6 Å². The Morgan fingerprint density at radius 2 is 1.88 bits per heavy atom. The topological polar surface area (TPSA) is 47.9 Å². The van der Waals surface area contributed by atoms with E-state index in [9.17, 15) is 5.11 Å². The van der Waals surface area contributed by atoms with Crippen LogP contribution in [0.25, 0.3) is 0 Å². The second-order valence-corrected chi connectivity index (χ2v) is 7.33. The normalized spacial score (nSPS) is 19.8. The molecule has 1 saturated heterocycles. The number of hydrogen-bond donors (Lipinski definition) is 2. The summed E-state index contributed by atoms with van der Waals surface area (Å²) in [7, 11) is 0. The van der Waals surface area contributed by atoms with Crippen LogP contribution in [0.5, 0.6) is 0 Å². The number of aliphatic imine (C=N–C) groups is 1. The molecule has 1 aliphatic heterocycles. The van der Waals surface area contributed by atoms with Gasteiger partial charge in [-0.3, -0.25) is 0 Å². The number of nitrogens with zero attached hydrogens (tertiary/aromatic N) is 2. The van der Waals surface area contributed by atoms with Crippen LogP contribution in [0.15, 0.2) is 29.3 Å². The van der Waals surface area contributed by atoms with E-state index in [2.05, 4.69) is 23.2 Å². The number of benzene rings is 1. The summed E-state index contributed by atoms with van der Waals surface area (Å²) in [6, 6.07) is 8.02. The van der Waals surface area contributed by atoms with Crippen molar-refractivity contribution in [2.24, 2.45) is 10.4 Å². The predicted molar refractivity (Wildman–Crippen MR) is 114 cm³/mol. The summed E-state index contributed by atoms with van der Waals surface area (Å²) in [6.07, 6.45) is 8.28. The SMILES string of the molecule is CCNC(=NCc1ccccc1CO)N1CCC2(CCCCC2)C1.I. The zero-order chi connectivity index (χ0) is 16.8. The minimum atomic E-state index is 0. The first-order valence-electron chi connectivity index (χ1n) is 9.47. The summed E-state index contributed by atoms with van der Waals surface area (Å²) in [5.41, 5.74) is 2.63. The van der Waals surface area contributed by atoms with E-state index in [1.54, 1.807) is 0 Å². The first-order chi connectivity index (χ1) is 11.8. The highest BCUT2D eigenvalue weighted by Gasteiger charge is 2.39. The van der Waals surface area contributed by atoms with Gasteiger partial charge in [0.05, 0.1) is 13.2 Å². The molecule has 0 bridgehead atoms. The van der Waals surface area contributed by atoms with Gasteiger partial charge in [-0.1, -0.05) is 43.5 Å². The van der Waals surface area contributed by atoms with Crippen LogP contribution in [-0.2, 0) is 13.2 Å². The van der Waals surface area contributed by atoms with Crippen LogP contribution in [0, 0.1) is 5.41 Å². The average Bonchev–Trinajstić information content (AvgIpc) is 3.02. The Labute approximate surface area is 169 Å². The molecule has 1 aromatic carbocycles. The van der Waals surface area contributed by atoms with Gasteiger partial charge < -0.3 is 15.3 Å². The van der Waals surface area contributed by atoms with Crippen LogP contribution in [0.1, 0.15) is 56.6 Å². The maximum absolute atomic E-state index is 9.49. The zero-order valence-corrected chi connectivity index (χ0v) is 17.7. The van der Waals surface area contributed by atoms with Crippen molar-refractivity contribution >= 4 is 29.9 Å². The first kappa shape index (κ1) is 20.5. The van der Waals surface area contributed by atoms with Gasteiger partial charge in [-0.15, -0.1) is 24.0 Å². The van der Waals surface area contributed by atoms with E-state index < -0.39 is 0 Å². The quantitative estimate of drug-likeness (QED) is 0.410. The summed E-state index contributed by atoms with van der Waals surface area (Å²) in [4.78, 5) is 7.33. The molecule has 0 unspecified atom stereocenters. The monoisotopic (exact) mass is 457 g/mol. The lowest BCUT2D eigenvalue weighted by Crippen LogP contribution is -2.41. The van der Waals surface area contributed by atoms with E-state index in [-0.39, 0.29) is 30.6 Å². The van der Waals surface area contributed by atoms with Crippen molar-refractivity contribution in [1.29, 1.82) is 0 Å². The number of aliphatic hydroxyl groups excluding tert-OH is 1. The van der Waals surface area contributed by atoms with Crippen LogP contribution in [-0.4, -0.2) is 35.6 Å². The lowest BCUT2D eigenvalue weighted by molar-refractivity contribution is 0.203. The van der Waals surface area contributed by atoms with Gasteiger partial charge in [0, 0.05) is 19.6 Å². The molecule has 0 aromatic heterocycles. The van der Waals surface area contributed by atoms with E-state index in [1.807, 2.05) is 18.2 Å². The number of likely N-dealkylation sites (tertiary alicyclic amines) is 1. The molecule has 1 aromatic rings. The molecule has 5 heteroatoms. The van der Waals surface area contributed by atoms with Crippen LogP contribution < -0.4 is 5.32 Å². The largest absolute Gasteiger partial charge is 0.392 e. The zero-order valence-electron chi connectivity index (χ0n) is 15.3. The fourth-order valence-electron chi connectivity index (χ4n) is 4.28. The third-order valence-electron chi connectivity index (χ3n) is 5.67. The fourth-order valence-corrected chi connectivity index (χ4v) is 4.28. The predicted octanol–water partition coefficient (Wildman–Crippen LogP) is 3.92. The molecule has 25 heavy (non-hydrogen) atoms.